The lowest BCUT2D eigenvalue weighted by atomic mass is 10.00. The molecule has 0 spiro atoms. The van der Waals surface area contributed by atoms with Gasteiger partial charge in [0.25, 0.3) is 5.91 Å². The van der Waals surface area contributed by atoms with Crippen LogP contribution < -0.4 is 15.4 Å². The first-order chi connectivity index (χ1) is 12.2. The van der Waals surface area contributed by atoms with Crippen molar-refractivity contribution in [3.8, 4) is 5.75 Å². The summed E-state index contributed by atoms with van der Waals surface area (Å²) in [6.07, 6.45) is 0. The summed E-state index contributed by atoms with van der Waals surface area (Å²) in [5.74, 6) is 0.700. The fraction of sp³-hybridized carbons (Fsp3) is 0.190. The molecule has 0 aliphatic heterocycles. The predicted octanol–water partition coefficient (Wildman–Crippen LogP) is 3.11. The van der Waals surface area contributed by atoms with E-state index >= 15 is 0 Å². The van der Waals surface area contributed by atoms with Crippen LogP contribution in [0.2, 0.25) is 0 Å². The number of carbonyl (C=O) groups excluding carboxylic acids is 1. The van der Waals surface area contributed by atoms with Gasteiger partial charge in [0, 0.05) is 17.3 Å². The maximum absolute atomic E-state index is 12.2. The first kappa shape index (κ1) is 17.0. The molecule has 0 unspecified atom stereocenters. The normalized spacial score (nSPS) is 11.9. The molecule has 0 radical (unpaired) electrons. The second-order valence-corrected chi connectivity index (χ2v) is 6.08. The molecule has 3 N–H and O–H groups in total. The van der Waals surface area contributed by atoms with Crippen LogP contribution in [0.4, 0.5) is 5.69 Å². The number of rotatable bonds is 6. The Morgan fingerprint density at radius 3 is 2.68 bits per heavy atom. The van der Waals surface area contributed by atoms with Gasteiger partial charge in [0.05, 0.1) is 7.11 Å². The number of carbonyl (C=O) groups is 1. The molecule has 0 bridgehead atoms. The first-order valence-electron chi connectivity index (χ1n) is 8.42. The molecule has 0 fully saturated rings. The maximum atomic E-state index is 12.2. The predicted molar refractivity (Wildman–Crippen MR) is 101 cm³/mol. The van der Waals surface area contributed by atoms with Crippen molar-refractivity contribution >= 4 is 22.4 Å². The third-order valence-electron chi connectivity index (χ3n) is 4.32. The molecule has 3 aromatic rings. The minimum atomic E-state index is -0.0275. The van der Waals surface area contributed by atoms with Gasteiger partial charge in [0.15, 0.2) is 6.54 Å². The number of anilines is 1. The van der Waals surface area contributed by atoms with Crippen LogP contribution in [0.15, 0.2) is 66.7 Å². The number of fused-ring (bicyclic) bond motifs is 1. The highest BCUT2D eigenvalue weighted by Crippen LogP contribution is 2.22. The number of ether oxygens (including phenoxy) is 1. The number of amides is 1. The zero-order chi connectivity index (χ0) is 17.6. The van der Waals surface area contributed by atoms with Crippen molar-refractivity contribution in [3.05, 3.63) is 72.3 Å². The molecule has 1 atom stereocenters. The number of nitrogens with one attached hydrogen (secondary N) is 1. The van der Waals surface area contributed by atoms with Gasteiger partial charge < -0.3 is 15.4 Å². The number of nitrogens with two attached hydrogens (primary N) is 1. The third-order valence-corrected chi connectivity index (χ3v) is 4.32. The number of hydrogen-bond donors (Lipinski definition) is 2. The molecule has 0 aliphatic rings. The van der Waals surface area contributed by atoms with E-state index in [1.54, 1.807) is 7.11 Å². The molecule has 25 heavy (non-hydrogen) atoms. The van der Waals surface area contributed by atoms with Crippen molar-refractivity contribution in [1.82, 2.24) is 0 Å². The molecule has 1 amide bonds. The van der Waals surface area contributed by atoms with Gasteiger partial charge in [-0.15, -0.1) is 0 Å². The third kappa shape index (κ3) is 4.17. The molecule has 0 saturated heterocycles. The largest absolute Gasteiger partial charge is 0.497 e. The van der Waals surface area contributed by atoms with E-state index in [2.05, 4.69) is 47.9 Å². The topological polar surface area (TPSA) is 54.9 Å². The van der Waals surface area contributed by atoms with Crippen molar-refractivity contribution < 1.29 is 14.8 Å². The Kier molecular flexibility index (Phi) is 5.31. The minimum absolute atomic E-state index is 0.0275. The summed E-state index contributed by atoms with van der Waals surface area (Å²) in [5, 5.41) is 7.42. The zero-order valence-electron chi connectivity index (χ0n) is 14.5. The maximum Gasteiger partial charge on any atom is 0.279 e. The molecule has 4 heteroatoms. The van der Waals surface area contributed by atoms with E-state index in [4.69, 9.17) is 4.74 Å². The van der Waals surface area contributed by atoms with Gasteiger partial charge in [0.1, 0.15) is 11.8 Å². The number of benzene rings is 3. The van der Waals surface area contributed by atoms with Gasteiger partial charge in [-0.25, -0.2) is 0 Å². The van der Waals surface area contributed by atoms with E-state index in [9.17, 15) is 4.79 Å². The standard InChI is InChI=1S/C21H22N2O2/c1-15(19-12-5-8-16-7-3-4-11-20(16)19)22-14-21(24)23-17-9-6-10-18(13-17)25-2/h3-13,15,22H,14H2,1-2H3,(H,23,24)/p+1/t15-/m1/s1. The molecule has 0 aromatic heterocycles. The highest BCUT2D eigenvalue weighted by atomic mass is 16.5. The van der Waals surface area contributed by atoms with E-state index in [-0.39, 0.29) is 11.9 Å². The van der Waals surface area contributed by atoms with Crippen LogP contribution >= 0.6 is 0 Å². The zero-order valence-corrected chi connectivity index (χ0v) is 14.5. The van der Waals surface area contributed by atoms with Gasteiger partial charge in [-0.05, 0) is 29.8 Å². The molecule has 128 valence electrons. The second kappa shape index (κ2) is 7.81. The van der Waals surface area contributed by atoms with Gasteiger partial charge in [-0.2, -0.15) is 0 Å². The van der Waals surface area contributed by atoms with Crippen LogP contribution in [0.5, 0.6) is 5.75 Å². The molecular weight excluding hydrogens is 312 g/mol. The Morgan fingerprint density at radius 2 is 1.84 bits per heavy atom. The Morgan fingerprint density at radius 1 is 1.08 bits per heavy atom. The Labute approximate surface area is 147 Å². The fourth-order valence-electron chi connectivity index (χ4n) is 2.97. The molecule has 3 aromatic carbocycles. The Hall–Kier alpha value is -2.85. The van der Waals surface area contributed by atoms with Gasteiger partial charge >= 0.3 is 0 Å². The van der Waals surface area contributed by atoms with Crippen LogP contribution in [-0.4, -0.2) is 19.6 Å². The minimum Gasteiger partial charge on any atom is -0.497 e. The first-order valence-corrected chi connectivity index (χ1v) is 8.42. The van der Waals surface area contributed by atoms with Gasteiger partial charge in [0.2, 0.25) is 0 Å². The fourth-order valence-corrected chi connectivity index (χ4v) is 2.97. The molecule has 3 rings (SSSR count). The summed E-state index contributed by atoms with van der Waals surface area (Å²) in [6, 6.07) is 22.2. The average molecular weight is 335 g/mol. The van der Waals surface area contributed by atoms with Crippen LogP contribution in [0, 0.1) is 0 Å². The molecule has 0 aliphatic carbocycles. The summed E-state index contributed by atoms with van der Waals surface area (Å²) >= 11 is 0. The van der Waals surface area contributed by atoms with E-state index in [1.165, 1.54) is 16.3 Å². The van der Waals surface area contributed by atoms with Crippen molar-refractivity contribution in [1.29, 1.82) is 0 Å². The highest BCUT2D eigenvalue weighted by molar-refractivity contribution is 5.91. The van der Waals surface area contributed by atoms with Crippen LogP contribution in [0.3, 0.4) is 0 Å². The molecular formula is C21H23N2O2+. The molecule has 0 heterocycles. The van der Waals surface area contributed by atoms with E-state index in [0.717, 1.165) is 11.4 Å². The van der Waals surface area contributed by atoms with E-state index in [0.29, 0.717) is 6.54 Å². The Balaban J connectivity index is 1.63. The van der Waals surface area contributed by atoms with Crippen LogP contribution in [0.1, 0.15) is 18.5 Å². The monoisotopic (exact) mass is 335 g/mol. The van der Waals surface area contributed by atoms with Crippen molar-refractivity contribution in [2.24, 2.45) is 0 Å². The van der Waals surface area contributed by atoms with Crippen molar-refractivity contribution in [2.75, 3.05) is 19.0 Å². The number of quaternary nitrogens is 1. The second-order valence-electron chi connectivity index (χ2n) is 6.08. The summed E-state index contributed by atoms with van der Waals surface area (Å²) in [4.78, 5) is 12.2. The van der Waals surface area contributed by atoms with E-state index in [1.807, 2.05) is 36.4 Å². The van der Waals surface area contributed by atoms with Crippen LogP contribution in [-0.2, 0) is 4.79 Å². The van der Waals surface area contributed by atoms with Gasteiger partial charge in [-0.1, -0.05) is 48.5 Å². The lowest BCUT2D eigenvalue weighted by molar-refractivity contribution is -0.682. The summed E-state index contributed by atoms with van der Waals surface area (Å²) < 4.78 is 5.17. The average Bonchev–Trinajstić information content (AvgIpc) is 2.65. The lowest BCUT2D eigenvalue weighted by Crippen LogP contribution is -2.86. The van der Waals surface area contributed by atoms with Crippen molar-refractivity contribution in [2.45, 2.75) is 13.0 Å². The molecule has 4 nitrogen and oxygen atoms in total. The number of methoxy groups -OCH3 is 1. The highest BCUT2D eigenvalue weighted by Gasteiger charge is 2.14. The lowest BCUT2D eigenvalue weighted by Gasteiger charge is -2.14. The number of hydrogen-bond acceptors (Lipinski definition) is 2. The Bertz CT molecular complexity index is 871. The van der Waals surface area contributed by atoms with E-state index < -0.39 is 0 Å². The smallest absolute Gasteiger partial charge is 0.279 e. The SMILES string of the molecule is COc1cccc(NC(=O)C[NH2+][C@H](C)c2cccc3ccccc23)c1. The quantitative estimate of drug-likeness (QED) is 0.727. The summed E-state index contributed by atoms with van der Waals surface area (Å²) in [6.45, 7) is 2.49. The molecule has 0 saturated carbocycles. The summed E-state index contributed by atoms with van der Waals surface area (Å²) in [7, 11) is 1.61. The van der Waals surface area contributed by atoms with Crippen LogP contribution in [0.25, 0.3) is 10.8 Å². The van der Waals surface area contributed by atoms with Crippen molar-refractivity contribution in [3.63, 3.8) is 0 Å². The van der Waals surface area contributed by atoms with Gasteiger partial charge in [-0.3, -0.25) is 4.79 Å². The summed E-state index contributed by atoms with van der Waals surface area (Å²) in [5.41, 5.74) is 1.99.